The van der Waals surface area contributed by atoms with E-state index in [1.54, 1.807) is 18.0 Å². The summed E-state index contributed by atoms with van der Waals surface area (Å²) in [5.41, 5.74) is 2.74. The van der Waals surface area contributed by atoms with E-state index in [0.29, 0.717) is 27.4 Å². The molecule has 1 fully saturated rings. The van der Waals surface area contributed by atoms with Gasteiger partial charge in [0.15, 0.2) is 5.17 Å². The van der Waals surface area contributed by atoms with E-state index in [-0.39, 0.29) is 5.91 Å². The standard InChI is InChI=1S/C24H16BrClI2N2O2S/c1-30-23(31)21(33-24(30)29-16-7-8-17(25)18(26)12-16)11-15-9-19(27)22(20(28)10-15)32-13-14-5-3-2-4-6-14/h2-12H,13H2,1H3/b21-11+,29-24?. The van der Waals surface area contributed by atoms with Crippen LogP contribution in [0.3, 0.4) is 0 Å². The number of ether oxygens (including phenoxy) is 1. The number of carbonyl (C=O) groups excluding carboxylic acids is 1. The number of aliphatic imine (C=N–C) groups is 1. The zero-order chi connectivity index (χ0) is 23.5. The predicted molar refractivity (Wildman–Crippen MR) is 157 cm³/mol. The number of hydrogen-bond acceptors (Lipinski definition) is 4. The predicted octanol–water partition coefficient (Wildman–Crippen LogP) is 8.12. The SMILES string of the molecule is CN1C(=O)/C(=C\c2cc(I)c(OCc3ccccc3)c(I)c2)SC1=Nc1ccc(Br)c(Cl)c1. The number of halogens is 4. The molecule has 1 aliphatic heterocycles. The number of amides is 1. The summed E-state index contributed by atoms with van der Waals surface area (Å²) < 4.78 is 8.85. The molecule has 0 radical (unpaired) electrons. The highest BCUT2D eigenvalue weighted by Crippen LogP contribution is 2.36. The van der Waals surface area contributed by atoms with Gasteiger partial charge in [0.1, 0.15) is 12.4 Å². The topological polar surface area (TPSA) is 41.9 Å². The quantitative estimate of drug-likeness (QED) is 0.195. The molecular weight excluding hydrogens is 750 g/mol. The highest BCUT2D eigenvalue weighted by Gasteiger charge is 2.30. The van der Waals surface area contributed by atoms with Crippen molar-refractivity contribution in [2.24, 2.45) is 4.99 Å². The minimum atomic E-state index is -0.0867. The van der Waals surface area contributed by atoms with Gasteiger partial charge in [0.05, 0.1) is 22.8 Å². The van der Waals surface area contributed by atoms with Gasteiger partial charge in [-0.15, -0.1) is 0 Å². The van der Waals surface area contributed by atoms with Crippen molar-refractivity contribution >= 4 is 107 Å². The van der Waals surface area contributed by atoms with Gasteiger partial charge in [0.2, 0.25) is 0 Å². The van der Waals surface area contributed by atoms with Gasteiger partial charge in [-0.3, -0.25) is 9.69 Å². The van der Waals surface area contributed by atoms with Gasteiger partial charge < -0.3 is 4.74 Å². The van der Waals surface area contributed by atoms with Crippen LogP contribution in [0.1, 0.15) is 11.1 Å². The third kappa shape index (κ3) is 6.14. The van der Waals surface area contributed by atoms with Crippen LogP contribution in [0.4, 0.5) is 5.69 Å². The summed E-state index contributed by atoms with van der Waals surface area (Å²) in [6, 6.07) is 19.6. The minimum Gasteiger partial charge on any atom is -0.487 e. The fourth-order valence-corrected chi connectivity index (χ4v) is 6.53. The lowest BCUT2D eigenvalue weighted by molar-refractivity contribution is -0.121. The fraction of sp³-hybridized carbons (Fsp3) is 0.0833. The third-order valence-corrected chi connectivity index (χ3v) is 8.57. The van der Waals surface area contributed by atoms with E-state index >= 15 is 0 Å². The van der Waals surface area contributed by atoms with E-state index in [1.807, 2.05) is 60.7 Å². The van der Waals surface area contributed by atoms with Crippen LogP contribution >= 0.6 is 84.5 Å². The molecule has 4 rings (SSSR count). The van der Waals surface area contributed by atoms with Gasteiger partial charge in [-0.25, -0.2) is 4.99 Å². The molecule has 0 bridgehead atoms. The molecule has 0 N–H and O–H groups in total. The summed E-state index contributed by atoms with van der Waals surface area (Å²) in [7, 11) is 1.73. The molecule has 0 unspecified atom stereocenters. The van der Waals surface area contributed by atoms with Crippen LogP contribution in [0, 0.1) is 7.14 Å². The van der Waals surface area contributed by atoms with Crippen LogP contribution in [-0.2, 0) is 11.4 Å². The highest BCUT2D eigenvalue weighted by molar-refractivity contribution is 14.1. The summed E-state index contributed by atoms with van der Waals surface area (Å²) in [6.07, 6.45) is 1.89. The van der Waals surface area contributed by atoms with Crippen LogP contribution in [0.5, 0.6) is 5.75 Å². The Hall–Kier alpha value is -1.08. The highest BCUT2D eigenvalue weighted by atomic mass is 127. The van der Waals surface area contributed by atoms with Crippen molar-refractivity contribution in [1.29, 1.82) is 0 Å². The molecule has 1 heterocycles. The zero-order valence-corrected chi connectivity index (χ0v) is 24.7. The van der Waals surface area contributed by atoms with Crippen molar-refractivity contribution in [2.75, 3.05) is 7.05 Å². The van der Waals surface area contributed by atoms with Crippen LogP contribution in [0.15, 0.2) is 75.0 Å². The molecule has 0 saturated carbocycles. The number of rotatable bonds is 5. The van der Waals surface area contributed by atoms with Gasteiger partial charge in [0.25, 0.3) is 5.91 Å². The largest absolute Gasteiger partial charge is 0.487 e. The molecule has 33 heavy (non-hydrogen) atoms. The maximum absolute atomic E-state index is 12.8. The summed E-state index contributed by atoms with van der Waals surface area (Å²) in [5.74, 6) is 0.760. The summed E-state index contributed by atoms with van der Waals surface area (Å²) in [4.78, 5) is 19.6. The number of carbonyl (C=O) groups is 1. The maximum Gasteiger partial charge on any atom is 0.266 e. The lowest BCUT2D eigenvalue weighted by Gasteiger charge is -2.11. The van der Waals surface area contributed by atoms with E-state index < -0.39 is 0 Å². The van der Waals surface area contributed by atoms with Crippen molar-refractivity contribution in [3.63, 3.8) is 0 Å². The molecule has 0 aliphatic carbocycles. The summed E-state index contributed by atoms with van der Waals surface area (Å²) in [6.45, 7) is 0.506. The third-order valence-electron chi connectivity index (χ3n) is 4.68. The second-order valence-electron chi connectivity index (χ2n) is 7.06. The van der Waals surface area contributed by atoms with E-state index in [9.17, 15) is 4.79 Å². The first-order chi connectivity index (χ1) is 15.8. The Balaban J connectivity index is 1.55. The van der Waals surface area contributed by atoms with Crippen molar-refractivity contribution in [3.8, 4) is 5.75 Å². The fourth-order valence-electron chi connectivity index (χ4n) is 3.00. The van der Waals surface area contributed by atoms with Crippen molar-refractivity contribution in [2.45, 2.75) is 6.61 Å². The first-order valence-corrected chi connectivity index (χ1v) is 13.8. The smallest absolute Gasteiger partial charge is 0.266 e. The molecule has 1 saturated heterocycles. The minimum absolute atomic E-state index is 0.0867. The number of thioether (sulfide) groups is 1. The van der Waals surface area contributed by atoms with E-state index in [4.69, 9.17) is 16.3 Å². The lowest BCUT2D eigenvalue weighted by Crippen LogP contribution is -2.23. The molecule has 1 amide bonds. The van der Waals surface area contributed by atoms with Crippen molar-refractivity contribution in [3.05, 3.63) is 93.3 Å². The van der Waals surface area contributed by atoms with Crippen LogP contribution < -0.4 is 4.74 Å². The first-order valence-electron chi connectivity index (χ1n) is 9.69. The number of benzene rings is 3. The van der Waals surface area contributed by atoms with Crippen molar-refractivity contribution < 1.29 is 9.53 Å². The molecule has 168 valence electrons. The molecule has 0 atom stereocenters. The Kier molecular flexibility index (Phi) is 8.42. The Bertz CT molecular complexity index is 1260. The first kappa shape index (κ1) is 25.0. The number of amidine groups is 1. The van der Waals surface area contributed by atoms with Gasteiger partial charge in [-0.1, -0.05) is 41.9 Å². The van der Waals surface area contributed by atoms with Gasteiger partial charge in [-0.05, 0) is 120 Å². The maximum atomic E-state index is 12.8. The Morgan fingerprint density at radius 2 is 1.82 bits per heavy atom. The van der Waals surface area contributed by atoms with Crippen molar-refractivity contribution in [1.82, 2.24) is 4.90 Å². The molecule has 9 heteroatoms. The molecular formula is C24H16BrClI2N2O2S. The summed E-state index contributed by atoms with van der Waals surface area (Å²) >= 11 is 15.4. The lowest BCUT2D eigenvalue weighted by atomic mass is 10.2. The monoisotopic (exact) mass is 764 g/mol. The van der Waals surface area contributed by atoms with Crippen LogP contribution in [0.25, 0.3) is 6.08 Å². The van der Waals surface area contributed by atoms with Crippen LogP contribution in [0.2, 0.25) is 5.02 Å². The van der Waals surface area contributed by atoms with Crippen LogP contribution in [-0.4, -0.2) is 23.0 Å². The summed E-state index contributed by atoms with van der Waals surface area (Å²) in [5, 5.41) is 1.18. The second-order valence-corrected chi connectivity index (χ2v) is 11.7. The molecule has 3 aromatic carbocycles. The Morgan fingerprint density at radius 3 is 2.48 bits per heavy atom. The van der Waals surface area contributed by atoms with Gasteiger partial charge in [-0.2, -0.15) is 0 Å². The Labute approximate surface area is 237 Å². The number of nitrogens with zero attached hydrogens (tertiary/aromatic N) is 2. The number of likely N-dealkylation sites (N-methyl/N-ethyl adjacent to an activating group) is 1. The average molecular weight is 766 g/mol. The second kappa shape index (κ2) is 11.1. The number of hydrogen-bond donors (Lipinski definition) is 0. The van der Waals surface area contributed by atoms with Gasteiger partial charge >= 0.3 is 0 Å². The van der Waals surface area contributed by atoms with E-state index in [0.717, 1.165) is 28.5 Å². The molecule has 3 aromatic rings. The molecule has 0 aromatic heterocycles. The normalized spacial score (nSPS) is 16.2. The molecule has 1 aliphatic rings. The van der Waals surface area contributed by atoms with E-state index in [2.05, 4.69) is 66.1 Å². The molecule has 0 spiro atoms. The van der Waals surface area contributed by atoms with Gasteiger partial charge in [0, 0.05) is 11.5 Å². The average Bonchev–Trinajstić information content (AvgIpc) is 3.04. The Morgan fingerprint density at radius 1 is 1.12 bits per heavy atom. The zero-order valence-electron chi connectivity index (χ0n) is 17.2. The molecule has 4 nitrogen and oxygen atoms in total. The van der Waals surface area contributed by atoms with E-state index in [1.165, 1.54) is 11.8 Å².